The number of anilines is 1. The van der Waals surface area contributed by atoms with Crippen molar-refractivity contribution in [2.75, 3.05) is 18.4 Å². The van der Waals surface area contributed by atoms with Crippen LogP contribution in [0.3, 0.4) is 0 Å². The van der Waals surface area contributed by atoms with Gasteiger partial charge < -0.3 is 35.2 Å². The van der Waals surface area contributed by atoms with Gasteiger partial charge >= 0.3 is 13.3 Å². The summed E-state index contributed by atoms with van der Waals surface area (Å²) < 4.78 is 40.5. The second-order valence-electron chi connectivity index (χ2n) is 14.6. The maximum Gasteiger partial charge on any atom is 0.399 e. The molecule has 7 rings (SSSR count). The summed E-state index contributed by atoms with van der Waals surface area (Å²) in [5.41, 5.74) is -1.80. The summed E-state index contributed by atoms with van der Waals surface area (Å²) >= 11 is 0. The van der Waals surface area contributed by atoms with E-state index in [1.165, 1.54) is 12.1 Å². The molecular formula is C42H42F2N5O7P. The van der Waals surface area contributed by atoms with Crippen molar-refractivity contribution in [3.05, 3.63) is 126 Å². The number of aromatic amines is 1. The average Bonchev–Trinajstić information content (AvgIpc) is 3.81. The van der Waals surface area contributed by atoms with E-state index in [2.05, 4.69) is 15.6 Å². The van der Waals surface area contributed by atoms with Gasteiger partial charge in [0.05, 0.1) is 5.92 Å². The van der Waals surface area contributed by atoms with Crippen molar-refractivity contribution in [3.8, 4) is 11.1 Å². The fraction of sp³-hybridized carbons (Fsp3) is 0.286. The van der Waals surface area contributed by atoms with Crippen LogP contribution in [0, 0.1) is 0 Å². The molecule has 2 saturated heterocycles. The van der Waals surface area contributed by atoms with E-state index in [9.17, 15) is 42.3 Å². The van der Waals surface area contributed by atoms with E-state index in [0.717, 1.165) is 28.8 Å². The number of aromatic nitrogens is 1. The number of hydrogen-bond donors (Lipinski definition) is 5. The zero-order chi connectivity index (χ0) is 40.5. The summed E-state index contributed by atoms with van der Waals surface area (Å²) in [7, 11) is -5.84. The predicted octanol–water partition coefficient (Wildman–Crippen LogP) is 6.58. The zero-order valence-corrected chi connectivity index (χ0v) is 31.9. The quantitative estimate of drug-likeness (QED) is 0.0993. The number of nitrogens with zero attached hydrogens (tertiary/aromatic N) is 2. The topological polar surface area (TPSA) is 172 Å². The third kappa shape index (κ3) is 8.39. The Bertz CT molecular complexity index is 2340. The Labute approximate surface area is 327 Å². The lowest BCUT2D eigenvalue weighted by atomic mass is 9.98. The third-order valence-electron chi connectivity index (χ3n) is 10.9. The summed E-state index contributed by atoms with van der Waals surface area (Å²) in [6, 6.07) is 28.7. The predicted molar refractivity (Wildman–Crippen MR) is 210 cm³/mol. The molecule has 0 bridgehead atoms. The zero-order valence-electron chi connectivity index (χ0n) is 31.0. The van der Waals surface area contributed by atoms with E-state index in [-0.39, 0.29) is 47.4 Å². The van der Waals surface area contributed by atoms with E-state index < -0.39 is 48.6 Å². The highest BCUT2D eigenvalue weighted by Crippen LogP contribution is 2.59. The van der Waals surface area contributed by atoms with Crippen LogP contribution in [0.5, 0.6) is 0 Å². The minimum absolute atomic E-state index is 0.0145. The standard InChI is InChI=1S/C42H42F2N5O7P/c1-26(27-8-4-2-5-9-27)40(52)48-21-20-33-17-18-34(24-38(50)45-32-15-12-29(13-16-32)28-10-6-3-7-11-28)49(33)41(53)37(25-48)47-39(51)36-23-30-22-31(14-19-35(30)46-36)42(43,44)57(54,55)56/h2-16,19,22-23,26,33-34,37,46H,17-18,20-21,24-25H2,1H3,(H,45,50)(H,47,51)(H2,54,55,56)/t26-,33+,34-,37?/m0/s1. The lowest BCUT2D eigenvalue weighted by Crippen LogP contribution is -2.60. The average molecular weight is 798 g/mol. The van der Waals surface area contributed by atoms with Gasteiger partial charge in [0.15, 0.2) is 0 Å². The molecule has 2 aliphatic heterocycles. The van der Waals surface area contributed by atoms with Crippen molar-refractivity contribution in [2.24, 2.45) is 0 Å². The van der Waals surface area contributed by atoms with E-state index in [1.807, 2.05) is 84.9 Å². The molecule has 57 heavy (non-hydrogen) atoms. The molecule has 3 heterocycles. The van der Waals surface area contributed by atoms with Gasteiger partial charge in [-0.2, -0.15) is 8.78 Å². The molecule has 12 nitrogen and oxygen atoms in total. The molecule has 4 atom stereocenters. The normalized spacial score (nSPS) is 19.4. The Balaban J connectivity index is 1.11. The molecule has 2 aliphatic rings. The van der Waals surface area contributed by atoms with E-state index in [1.54, 1.807) is 16.7 Å². The molecule has 1 aromatic heterocycles. The van der Waals surface area contributed by atoms with Gasteiger partial charge in [-0.1, -0.05) is 78.9 Å². The number of alkyl halides is 2. The van der Waals surface area contributed by atoms with Crippen molar-refractivity contribution in [3.63, 3.8) is 0 Å². The number of rotatable bonds is 10. The Kier molecular flexibility index (Phi) is 11.1. The van der Waals surface area contributed by atoms with Gasteiger partial charge in [0.2, 0.25) is 17.7 Å². The van der Waals surface area contributed by atoms with Crippen LogP contribution in [0.4, 0.5) is 14.5 Å². The summed E-state index contributed by atoms with van der Waals surface area (Å²) in [5.74, 6) is -2.26. The molecule has 4 amide bonds. The van der Waals surface area contributed by atoms with Gasteiger partial charge in [-0.15, -0.1) is 0 Å². The molecule has 0 saturated carbocycles. The molecular weight excluding hydrogens is 755 g/mol. The maximum absolute atomic E-state index is 14.6. The van der Waals surface area contributed by atoms with Crippen LogP contribution in [0.25, 0.3) is 22.0 Å². The first-order valence-electron chi connectivity index (χ1n) is 18.7. The SMILES string of the molecule is C[C@H](C(=O)N1CC[C@H]2CC[C@@H](CC(=O)Nc3ccc(-c4ccccc4)cc3)N2C(=O)C(NC(=O)c2cc3cc(C(F)(F)P(=O)(O)O)ccc3[nH]2)C1)c1ccccc1. The van der Waals surface area contributed by atoms with Crippen molar-refractivity contribution in [1.82, 2.24) is 20.1 Å². The smallest absolute Gasteiger partial charge is 0.351 e. The maximum atomic E-state index is 14.6. The minimum atomic E-state index is -5.84. The third-order valence-corrected chi connectivity index (χ3v) is 11.9. The molecule has 15 heteroatoms. The van der Waals surface area contributed by atoms with Gasteiger partial charge in [-0.25, -0.2) is 0 Å². The van der Waals surface area contributed by atoms with Crippen molar-refractivity contribution < 1.29 is 42.3 Å². The molecule has 4 aromatic carbocycles. The largest absolute Gasteiger partial charge is 0.399 e. The lowest BCUT2D eigenvalue weighted by molar-refractivity contribution is -0.141. The van der Waals surface area contributed by atoms with Crippen LogP contribution in [0.1, 0.15) is 60.1 Å². The Morgan fingerprint density at radius 2 is 1.56 bits per heavy atom. The summed E-state index contributed by atoms with van der Waals surface area (Å²) in [5, 5.41) is 5.79. The van der Waals surface area contributed by atoms with Crippen molar-refractivity contribution in [1.29, 1.82) is 0 Å². The summed E-state index contributed by atoms with van der Waals surface area (Å²) in [6.07, 6.45) is 1.62. The molecule has 1 unspecified atom stereocenters. The van der Waals surface area contributed by atoms with Crippen molar-refractivity contribution >= 4 is 47.8 Å². The van der Waals surface area contributed by atoms with E-state index in [4.69, 9.17) is 0 Å². The van der Waals surface area contributed by atoms with Crippen LogP contribution in [-0.4, -0.2) is 79.4 Å². The molecule has 2 fully saturated rings. The van der Waals surface area contributed by atoms with Gasteiger partial charge in [0.1, 0.15) is 11.7 Å². The molecule has 0 radical (unpaired) electrons. The summed E-state index contributed by atoms with van der Waals surface area (Å²) in [4.78, 5) is 80.3. The first-order valence-corrected chi connectivity index (χ1v) is 20.3. The molecule has 0 aliphatic carbocycles. The Hall–Kier alpha value is -5.69. The molecule has 5 N–H and O–H groups in total. The van der Waals surface area contributed by atoms with Gasteiger partial charge in [0, 0.05) is 53.7 Å². The first-order chi connectivity index (χ1) is 27.2. The van der Waals surface area contributed by atoms with Gasteiger partial charge in [-0.05, 0) is 73.2 Å². The highest BCUT2D eigenvalue weighted by molar-refractivity contribution is 7.52. The molecule has 296 valence electrons. The van der Waals surface area contributed by atoms with E-state index in [0.29, 0.717) is 31.5 Å². The Morgan fingerprint density at radius 3 is 2.25 bits per heavy atom. The molecule has 5 aromatic rings. The Morgan fingerprint density at radius 1 is 0.895 bits per heavy atom. The second kappa shape index (κ2) is 16.0. The van der Waals surface area contributed by atoms with Crippen LogP contribution in [0.15, 0.2) is 109 Å². The number of carbonyl (C=O) groups is 4. The number of halogens is 2. The van der Waals surface area contributed by atoms with Crippen LogP contribution < -0.4 is 10.6 Å². The van der Waals surface area contributed by atoms with Crippen LogP contribution in [-0.2, 0) is 24.6 Å². The fourth-order valence-corrected chi connectivity index (χ4v) is 8.27. The number of nitrogens with one attached hydrogen (secondary N) is 3. The number of H-pyrrole nitrogens is 1. The number of hydrogen-bond acceptors (Lipinski definition) is 5. The number of carbonyl (C=O) groups excluding carboxylic acids is 4. The van der Waals surface area contributed by atoms with Gasteiger partial charge in [0.25, 0.3) is 5.91 Å². The lowest BCUT2D eigenvalue weighted by Gasteiger charge is -2.39. The first kappa shape index (κ1) is 39.5. The number of fused-ring (bicyclic) bond motifs is 2. The van der Waals surface area contributed by atoms with E-state index >= 15 is 0 Å². The monoisotopic (exact) mass is 797 g/mol. The number of benzene rings is 4. The summed E-state index contributed by atoms with van der Waals surface area (Å²) in [6.45, 7) is 1.92. The van der Waals surface area contributed by atoms with Crippen molar-refractivity contribution in [2.45, 2.75) is 62.3 Å². The van der Waals surface area contributed by atoms with Crippen LogP contribution in [0.2, 0.25) is 0 Å². The highest BCUT2D eigenvalue weighted by atomic mass is 31.2. The second-order valence-corrected chi connectivity index (χ2v) is 16.3. The highest BCUT2D eigenvalue weighted by Gasteiger charge is 2.50. The fourth-order valence-electron chi connectivity index (χ4n) is 7.79. The molecule has 0 spiro atoms. The van der Waals surface area contributed by atoms with Crippen LogP contribution >= 0.6 is 7.60 Å². The van der Waals surface area contributed by atoms with Gasteiger partial charge in [-0.3, -0.25) is 23.7 Å². The number of amides is 4. The minimum Gasteiger partial charge on any atom is -0.351 e.